The van der Waals surface area contributed by atoms with Crippen LogP contribution in [-0.2, 0) is 6.42 Å². The average molecular weight is 346 g/mol. The number of ether oxygens (including phenoxy) is 1. The fourth-order valence-corrected chi connectivity index (χ4v) is 2.81. The predicted octanol–water partition coefficient (Wildman–Crippen LogP) is 4.19. The number of pyridine rings is 1. The van der Waals surface area contributed by atoms with Crippen molar-refractivity contribution in [1.29, 1.82) is 0 Å². The maximum absolute atomic E-state index is 12.6. The number of carbonyl (C=O) groups excluding carboxylic acids is 1. The maximum Gasteiger partial charge on any atom is 0.251 e. The molecule has 26 heavy (non-hydrogen) atoms. The third-order valence-corrected chi connectivity index (χ3v) is 4.12. The zero-order valence-electron chi connectivity index (χ0n) is 14.8. The number of aromatic nitrogens is 1. The van der Waals surface area contributed by atoms with Crippen molar-refractivity contribution in [2.45, 2.75) is 19.4 Å². The zero-order valence-corrected chi connectivity index (χ0v) is 14.8. The molecule has 0 unspecified atom stereocenters. The van der Waals surface area contributed by atoms with Crippen LogP contribution >= 0.6 is 0 Å². The van der Waals surface area contributed by atoms with Gasteiger partial charge in [0, 0.05) is 18.0 Å². The Labute approximate surface area is 153 Å². The van der Waals surface area contributed by atoms with Gasteiger partial charge in [0.2, 0.25) is 0 Å². The lowest BCUT2D eigenvalue weighted by atomic mass is 9.98. The van der Waals surface area contributed by atoms with Crippen LogP contribution in [0.25, 0.3) is 0 Å². The van der Waals surface area contributed by atoms with Gasteiger partial charge in [-0.3, -0.25) is 9.78 Å². The molecule has 0 aliphatic rings. The Kier molecular flexibility index (Phi) is 5.99. The minimum Gasteiger partial charge on any atom is -0.494 e. The number of benzene rings is 2. The lowest BCUT2D eigenvalue weighted by Crippen LogP contribution is -2.30. The van der Waals surface area contributed by atoms with Gasteiger partial charge in [0.05, 0.1) is 12.6 Å². The molecule has 1 aromatic heterocycles. The monoisotopic (exact) mass is 346 g/mol. The molecule has 1 N–H and O–H groups in total. The normalized spacial score (nSPS) is 11.6. The van der Waals surface area contributed by atoms with E-state index in [-0.39, 0.29) is 11.9 Å². The van der Waals surface area contributed by atoms with Crippen LogP contribution in [0.3, 0.4) is 0 Å². The molecule has 1 atom stereocenters. The largest absolute Gasteiger partial charge is 0.494 e. The second-order valence-corrected chi connectivity index (χ2v) is 5.95. The van der Waals surface area contributed by atoms with Crippen molar-refractivity contribution < 1.29 is 9.53 Å². The van der Waals surface area contributed by atoms with Crippen molar-refractivity contribution in [3.8, 4) is 5.75 Å². The molecule has 132 valence electrons. The first-order valence-corrected chi connectivity index (χ1v) is 8.74. The Morgan fingerprint density at radius 1 is 1.00 bits per heavy atom. The summed E-state index contributed by atoms with van der Waals surface area (Å²) in [7, 11) is 0. The Morgan fingerprint density at radius 3 is 2.35 bits per heavy atom. The average Bonchev–Trinajstić information content (AvgIpc) is 2.70. The van der Waals surface area contributed by atoms with Gasteiger partial charge in [0.15, 0.2) is 0 Å². The van der Waals surface area contributed by atoms with Crippen molar-refractivity contribution in [2.24, 2.45) is 0 Å². The highest BCUT2D eigenvalue weighted by molar-refractivity contribution is 5.94. The first kappa shape index (κ1) is 17.7. The van der Waals surface area contributed by atoms with E-state index in [2.05, 4.69) is 22.4 Å². The van der Waals surface area contributed by atoms with Gasteiger partial charge in [-0.05, 0) is 48.7 Å². The van der Waals surface area contributed by atoms with Gasteiger partial charge in [-0.2, -0.15) is 0 Å². The van der Waals surface area contributed by atoms with Crippen LogP contribution in [0.1, 0.15) is 34.5 Å². The van der Waals surface area contributed by atoms with E-state index in [1.807, 2.05) is 49.4 Å². The van der Waals surface area contributed by atoms with Crippen LogP contribution in [0.15, 0.2) is 79.1 Å². The summed E-state index contributed by atoms with van der Waals surface area (Å²) in [5.41, 5.74) is 2.81. The third-order valence-electron chi connectivity index (χ3n) is 4.12. The molecule has 3 aromatic rings. The molecule has 2 aromatic carbocycles. The first-order valence-electron chi connectivity index (χ1n) is 8.74. The van der Waals surface area contributed by atoms with Crippen LogP contribution in [-0.4, -0.2) is 17.5 Å². The molecular formula is C22H22N2O2. The van der Waals surface area contributed by atoms with Crippen molar-refractivity contribution >= 4 is 5.91 Å². The fraction of sp³-hybridized carbons (Fsp3) is 0.182. The topological polar surface area (TPSA) is 51.2 Å². The quantitative estimate of drug-likeness (QED) is 0.698. The molecular weight excluding hydrogens is 324 g/mol. The molecule has 1 heterocycles. The van der Waals surface area contributed by atoms with Crippen molar-refractivity contribution in [2.75, 3.05) is 6.61 Å². The number of carbonyl (C=O) groups is 1. The summed E-state index contributed by atoms with van der Waals surface area (Å²) < 4.78 is 5.51. The van der Waals surface area contributed by atoms with E-state index in [9.17, 15) is 4.79 Å². The Hall–Kier alpha value is -3.14. The summed E-state index contributed by atoms with van der Waals surface area (Å²) in [4.78, 5) is 16.6. The summed E-state index contributed by atoms with van der Waals surface area (Å²) in [5, 5.41) is 3.14. The first-order chi connectivity index (χ1) is 12.8. The SMILES string of the molecule is CCOc1ccc([C@@H](Cc2ccccc2)NC(=O)c2ccncc2)cc1. The van der Waals surface area contributed by atoms with Crippen molar-refractivity contribution in [1.82, 2.24) is 10.3 Å². The standard InChI is InChI=1S/C22H22N2O2/c1-2-26-20-10-8-18(9-11-20)21(16-17-6-4-3-5-7-17)24-22(25)19-12-14-23-15-13-19/h3-15,21H,2,16H2,1H3,(H,24,25)/t21-/m1/s1. The van der Waals surface area contributed by atoms with E-state index in [1.54, 1.807) is 24.5 Å². The molecule has 1 amide bonds. The molecule has 0 aliphatic carbocycles. The van der Waals surface area contributed by atoms with E-state index in [4.69, 9.17) is 4.74 Å². The van der Waals surface area contributed by atoms with Crippen LogP contribution in [0.2, 0.25) is 0 Å². The molecule has 0 fully saturated rings. The van der Waals surface area contributed by atoms with Crippen LogP contribution in [0.4, 0.5) is 0 Å². The Balaban J connectivity index is 1.82. The Morgan fingerprint density at radius 2 is 1.69 bits per heavy atom. The third kappa shape index (κ3) is 4.70. The molecule has 0 bridgehead atoms. The van der Waals surface area contributed by atoms with Crippen LogP contribution in [0.5, 0.6) is 5.75 Å². The van der Waals surface area contributed by atoms with E-state index in [0.717, 1.165) is 11.3 Å². The summed E-state index contributed by atoms with van der Waals surface area (Å²) in [5.74, 6) is 0.720. The molecule has 0 aliphatic heterocycles. The van der Waals surface area contributed by atoms with Crippen molar-refractivity contribution in [3.05, 3.63) is 95.8 Å². The highest BCUT2D eigenvalue weighted by Gasteiger charge is 2.16. The molecule has 0 spiro atoms. The van der Waals surface area contributed by atoms with E-state index in [0.29, 0.717) is 18.6 Å². The minimum absolute atomic E-state index is 0.109. The molecule has 0 radical (unpaired) electrons. The predicted molar refractivity (Wildman–Crippen MR) is 102 cm³/mol. The number of hydrogen-bond acceptors (Lipinski definition) is 3. The second-order valence-electron chi connectivity index (χ2n) is 5.95. The van der Waals surface area contributed by atoms with Gasteiger partial charge in [0.1, 0.15) is 5.75 Å². The maximum atomic E-state index is 12.6. The summed E-state index contributed by atoms with van der Waals surface area (Å²) in [6.45, 7) is 2.59. The number of amides is 1. The van der Waals surface area contributed by atoms with Gasteiger partial charge in [0.25, 0.3) is 5.91 Å². The van der Waals surface area contributed by atoms with Crippen LogP contribution in [0, 0.1) is 0 Å². The summed E-state index contributed by atoms with van der Waals surface area (Å²) in [6.07, 6.45) is 3.96. The fourth-order valence-electron chi connectivity index (χ4n) is 2.81. The minimum atomic E-state index is -0.131. The van der Waals surface area contributed by atoms with Gasteiger partial charge < -0.3 is 10.1 Å². The van der Waals surface area contributed by atoms with Gasteiger partial charge in [-0.15, -0.1) is 0 Å². The van der Waals surface area contributed by atoms with Crippen LogP contribution < -0.4 is 10.1 Å². The number of rotatable bonds is 7. The van der Waals surface area contributed by atoms with Crippen molar-refractivity contribution in [3.63, 3.8) is 0 Å². The highest BCUT2D eigenvalue weighted by atomic mass is 16.5. The summed E-state index contributed by atoms with van der Waals surface area (Å²) >= 11 is 0. The molecule has 4 nitrogen and oxygen atoms in total. The lowest BCUT2D eigenvalue weighted by Gasteiger charge is -2.20. The molecule has 0 saturated carbocycles. The second kappa shape index (κ2) is 8.81. The van der Waals surface area contributed by atoms with Gasteiger partial charge in [-0.1, -0.05) is 42.5 Å². The number of hydrogen-bond donors (Lipinski definition) is 1. The van der Waals surface area contributed by atoms with E-state index < -0.39 is 0 Å². The zero-order chi connectivity index (χ0) is 18.2. The molecule has 0 saturated heterocycles. The van der Waals surface area contributed by atoms with E-state index >= 15 is 0 Å². The smallest absolute Gasteiger partial charge is 0.251 e. The molecule has 4 heteroatoms. The Bertz CT molecular complexity index is 818. The van der Waals surface area contributed by atoms with Gasteiger partial charge >= 0.3 is 0 Å². The highest BCUT2D eigenvalue weighted by Crippen LogP contribution is 2.22. The molecule has 3 rings (SSSR count). The number of nitrogens with one attached hydrogen (secondary N) is 1. The van der Waals surface area contributed by atoms with Gasteiger partial charge in [-0.25, -0.2) is 0 Å². The lowest BCUT2D eigenvalue weighted by molar-refractivity contribution is 0.0936. The summed E-state index contributed by atoms with van der Waals surface area (Å²) in [6, 6.07) is 21.3. The number of nitrogens with zero attached hydrogens (tertiary/aromatic N) is 1. The van der Waals surface area contributed by atoms with E-state index in [1.165, 1.54) is 5.56 Å².